The molecule has 15 heavy (non-hydrogen) atoms. The molecule has 4 heteroatoms. The molecule has 0 bridgehead atoms. The van der Waals surface area contributed by atoms with E-state index in [9.17, 15) is 5.11 Å². The van der Waals surface area contributed by atoms with Gasteiger partial charge < -0.3 is 14.6 Å². The van der Waals surface area contributed by atoms with Gasteiger partial charge >= 0.3 is 0 Å². The van der Waals surface area contributed by atoms with Crippen LogP contribution in [-0.2, 0) is 0 Å². The molecular formula is C11H11NO3. The van der Waals surface area contributed by atoms with E-state index in [1.165, 1.54) is 0 Å². The van der Waals surface area contributed by atoms with E-state index in [0.717, 1.165) is 5.56 Å². The number of hydrogen-bond donors (Lipinski definition) is 1. The first-order chi connectivity index (χ1) is 7.31. The maximum Gasteiger partial charge on any atom is 0.231 e. The van der Waals surface area contributed by atoms with Crippen molar-refractivity contribution >= 4 is 0 Å². The van der Waals surface area contributed by atoms with Crippen LogP contribution in [0.3, 0.4) is 0 Å². The first-order valence-corrected chi connectivity index (χ1v) is 4.76. The highest BCUT2D eigenvalue weighted by atomic mass is 16.7. The summed E-state index contributed by atoms with van der Waals surface area (Å²) < 4.78 is 10.4. The van der Waals surface area contributed by atoms with Gasteiger partial charge in [0.25, 0.3) is 0 Å². The summed E-state index contributed by atoms with van der Waals surface area (Å²) in [6.45, 7) is 0.229. The van der Waals surface area contributed by atoms with Crippen molar-refractivity contribution in [2.45, 2.75) is 18.9 Å². The fourth-order valence-electron chi connectivity index (χ4n) is 1.49. The molecule has 0 aliphatic carbocycles. The molecular weight excluding hydrogens is 194 g/mol. The average molecular weight is 205 g/mol. The van der Waals surface area contributed by atoms with Crippen LogP contribution in [0.25, 0.3) is 0 Å². The maximum absolute atomic E-state index is 9.74. The molecule has 0 amide bonds. The molecule has 0 fully saturated rings. The summed E-state index contributed by atoms with van der Waals surface area (Å²) in [5.41, 5.74) is 0.759. The van der Waals surface area contributed by atoms with Crippen molar-refractivity contribution in [2.75, 3.05) is 6.79 Å². The number of benzene rings is 1. The number of nitriles is 1. The second kappa shape index (κ2) is 4.20. The highest BCUT2D eigenvalue weighted by Gasteiger charge is 2.16. The third-order valence-electron chi connectivity index (χ3n) is 2.31. The van der Waals surface area contributed by atoms with E-state index in [-0.39, 0.29) is 6.79 Å². The topological polar surface area (TPSA) is 62.5 Å². The lowest BCUT2D eigenvalue weighted by Gasteiger charge is -2.09. The van der Waals surface area contributed by atoms with Gasteiger partial charge in [0, 0.05) is 6.42 Å². The van der Waals surface area contributed by atoms with Crippen LogP contribution in [0.2, 0.25) is 0 Å². The lowest BCUT2D eigenvalue weighted by molar-refractivity contribution is 0.167. The summed E-state index contributed by atoms with van der Waals surface area (Å²) in [5.74, 6) is 1.36. The van der Waals surface area contributed by atoms with E-state index in [2.05, 4.69) is 0 Å². The van der Waals surface area contributed by atoms with Crippen molar-refractivity contribution in [3.05, 3.63) is 23.8 Å². The normalized spacial score (nSPS) is 14.7. The van der Waals surface area contributed by atoms with E-state index < -0.39 is 6.10 Å². The van der Waals surface area contributed by atoms with Crippen LogP contribution in [0, 0.1) is 11.3 Å². The van der Waals surface area contributed by atoms with Crippen molar-refractivity contribution < 1.29 is 14.6 Å². The van der Waals surface area contributed by atoms with E-state index in [0.29, 0.717) is 24.3 Å². The first kappa shape index (κ1) is 9.81. The van der Waals surface area contributed by atoms with Gasteiger partial charge in [-0.2, -0.15) is 5.26 Å². The van der Waals surface area contributed by atoms with Crippen molar-refractivity contribution in [1.29, 1.82) is 5.26 Å². The van der Waals surface area contributed by atoms with Gasteiger partial charge in [0.1, 0.15) is 0 Å². The third-order valence-corrected chi connectivity index (χ3v) is 2.31. The summed E-state index contributed by atoms with van der Waals surface area (Å²) >= 11 is 0. The van der Waals surface area contributed by atoms with Crippen LogP contribution >= 0.6 is 0 Å². The zero-order valence-corrected chi connectivity index (χ0v) is 8.14. The molecule has 1 aromatic rings. The lowest BCUT2D eigenvalue weighted by Crippen LogP contribution is -1.96. The van der Waals surface area contributed by atoms with Gasteiger partial charge in [0.2, 0.25) is 6.79 Å². The Hall–Kier alpha value is -1.73. The molecule has 0 saturated heterocycles. The molecule has 0 unspecified atom stereocenters. The van der Waals surface area contributed by atoms with Gasteiger partial charge in [0.15, 0.2) is 11.5 Å². The molecule has 0 aromatic heterocycles. The van der Waals surface area contributed by atoms with Crippen LogP contribution in [0.1, 0.15) is 24.5 Å². The van der Waals surface area contributed by atoms with Crippen molar-refractivity contribution in [1.82, 2.24) is 0 Å². The van der Waals surface area contributed by atoms with Gasteiger partial charge in [-0.1, -0.05) is 6.07 Å². The van der Waals surface area contributed by atoms with Crippen molar-refractivity contribution in [2.24, 2.45) is 0 Å². The average Bonchev–Trinajstić information content (AvgIpc) is 2.72. The van der Waals surface area contributed by atoms with Crippen molar-refractivity contribution in [3.8, 4) is 17.6 Å². The number of ether oxygens (including phenoxy) is 2. The Kier molecular flexibility index (Phi) is 2.75. The minimum Gasteiger partial charge on any atom is -0.454 e. The van der Waals surface area contributed by atoms with Gasteiger partial charge in [-0.15, -0.1) is 0 Å². The van der Waals surface area contributed by atoms with Crippen LogP contribution in [0.15, 0.2) is 18.2 Å². The van der Waals surface area contributed by atoms with Gasteiger partial charge in [-0.3, -0.25) is 0 Å². The Bertz CT molecular complexity index is 397. The van der Waals surface area contributed by atoms with E-state index in [4.69, 9.17) is 14.7 Å². The molecule has 1 aliphatic rings. The number of rotatable bonds is 3. The van der Waals surface area contributed by atoms with Crippen LogP contribution < -0.4 is 9.47 Å². The van der Waals surface area contributed by atoms with Crippen molar-refractivity contribution in [3.63, 3.8) is 0 Å². The maximum atomic E-state index is 9.74. The van der Waals surface area contributed by atoms with E-state index >= 15 is 0 Å². The zero-order chi connectivity index (χ0) is 10.7. The fourth-order valence-corrected chi connectivity index (χ4v) is 1.49. The Labute approximate surface area is 87.7 Å². The standard InChI is InChI=1S/C11H11NO3/c12-5-1-2-9(13)8-3-4-10-11(6-8)15-7-14-10/h3-4,6,9,13H,1-2,7H2/t9-/m0/s1. The van der Waals surface area contributed by atoms with Crippen LogP contribution in [0.4, 0.5) is 0 Å². The quantitative estimate of drug-likeness (QED) is 0.816. The Morgan fingerprint density at radius 3 is 3.00 bits per heavy atom. The largest absolute Gasteiger partial charge is 0.454 e. The number of aliphatic hydroxyl groups excluding tert-OH is 1. The molecule has 1 N–H and O–H groups in total. The monoisotopic (exact) mass is 205 g/mol. The second-order valence-corrected chi connectivity index (χ2v) is 3.33. The fraction of sp³-hybridized carbons (Fsp3) is 0.364. The molecule has 2 rings (SSSR count). The number of aliphatic hydroxyl groups is 1. The second-order valence-electron chi connectivity index (χ2n) is 3.33. The van der Waals surface area contributed by atoms with Gasteiger partial charge in [0.05, 0.1) is 12.2 Å². The van der Waals surface area contributed by atoms with Gasteiger partial charge in [-0.25, -0.2) is 0 Å². The molecule has 0 saturated carbocycles. The highest BCUT2D eigenvalue weighted by molar-refractivity contribution is 5.45. The predicted molar refractivity (Wildman–Crippen MR) is 52.4 cm³/mol. The predicted octanol–water partition coefficient (Wildman–Crippen LogP) is 1.75. The zero-order valence-electron chi connectivity index (χ0n) is 8.14. The molecule has 0 radical (unpaired) electrons. The Balaban J connectivity index is 2.12. The third kappa shape index (κ3) is 2.03. The molecule has 1 aromatic carbocycles. The molecule has 1 atom stereocenters. The molecule has 4 nitrogen and oxygen atoms in total. The number of fused-ring (bicyclic) bond motifs is 1. The molecule has 1 aliphatic heterocycles. The minimum absolute atomic E-state index is 0.229. The summed E-state index contributed by atoms with van der Waals surface area (Å²) in [4.78, 5) is 0. The summed E-state index contributed by atoms with van der Waals surface area (Å²) in [5, 5.41) is 18.1. The van der Waals surface area contributed by atoms with E-state index in [1.54, 1.807) is 18.2 Å². The minimum atomic E-state index is -0.612. The molecule has 1 heterocycles. The summed E-state index contributed by atoms with van der Waals surface area (Å²) in [6, 6.07) is 7.32. The van der Waals surface area contributed by atoms with Gasteiger partial charge in [-0.05, 0) is 24.1 Å². The van der Waals surface area contributed by atoms with Crippen LogP contribution in [0.5, 0.6) is 11.5 Å². The smallest absolute Gasteiger partial charge is 0.231 e. The first-order valence-electron chi connectivity index (χ1n) is 4.76. The Morgan fingerprint density at radius 1 is 1.40 bits per heavy atom. The summed E-state index contributed by atoms with van der Waals surface area (Å²) in [6.07, 6.45) is 0.172. The molecule has 78 valence electrons. The highest BCUT2D eigenvalue weighted by Crippen LogP contribution is 2.34. The lowest BCUT2D eigenvalue weighted by atomic mass is 10.0. The summed E-state index contributed by atoms with van der Waals surface area (Å²) in [7, 11) is 0. The molecule has 0 spiro atoms. The van der Waals surface area contributed by atoms with Crippen LogP contribution in [-0.4, -0.2) is 11.9 Å². The Morgan fingerprint density at radius 2 is 2.20 bits per heavy atom. The SMILES string of the molecule is N#CCC[C@H](O)c1ccc2c(c1)OCO2. The number of nitrogens with zero attached hydrogens (tertiary/aromatic N) is 1. The van der Waals surface area contributed by atoms with E-state index in [1.807, 2.05) is 6.07 Å². The number of hydrogen-bond acceptors (Lipinski definition) is 4.